The highest BCUT2D eigenvalue weighted by Gasteiger charge is 2.41. The van der Waals surface area contributed by atoms with E-state index in [0.29, 0.717) is 22.9 Å². The van der Waals surface area contributed by atoms with Gasteiger partial charge in [0.2, 0.25) is 0 Å². The fourth-order valence-corrected chi connectivity index (χ4v) is 5.61. The van der Waals surface area contributed by atoms with Crippen molar-refractivity contribution in [2.45, 2.75) is 50.7 Å². The van der Waals surface area contributed by atoms with Crippen LogP contribution in [0.15, 0.2) is 61.3 Å². The highest BCUT2D eigenvalue weighted by atomic mass is 19.4. The number of fused-ring (bicyclic) bond motifs is 1. The molecule has 1 aliphatic rings. The summed E-state index contributed by atoms with van der Waals surface area (Å²) in [6, 6.07) is 10.4. The Morgan fingerprint density at radius 2 is 1.77 bits per heavy atom. The summed E-state index contributed by atoms with van der Waals surface area (Å²) in [5, 5.41) is 3.67. The maximum absolute atomic E-state index is 14.4. The molecule has 2 N–H and O–H groups in total. The molecule has 0 unspecified atom stereocenters. The first-order chi connectivity index (χ1) is 20.8. The fraction of sp³-hybridized carbons (Fsp3) is 0.250. The average molecular weight is 613 g/mol. The monoisotopic (exact) mass is 612 g/mol. The summed E-state index contributed by atoms with van der Waals surface area (Å²) in [5.74, 6) is -3.92. The predicted molar refractivity (Wildman–Crippen MR) is 150 cm³/mol. The van der Waals surface area contributed by atoms with Gasteiger partial charge in [-0.15, -0.1) is 0 Å². The molecule has 5 rings (SSSR count). The Kier molecular flexibility index (Phi) is 8.44. The molecule has 44 heavy (non-hydrogen) atoms. The lowest BCUT2D eigenvalue weighted by atomic mass is 9.86. The van der Waals surface area contributed by atoms with E-state index in [0.717, 1.165) is 16.8 Å². The first kappa shape index (κ1) is 30.7. The van der Waals surface area contributed by atoms with Gasteiger partial charge in [-0.05, 0) is 54.3 Å². The van der Waals surface area contributed by atoms with E-state index in [2.05, 4.69) is 16.7 Å². The van der Waals surface area contributed by atoms with Crippen molar-refractivity contribution in [2.75, 3.05) is 0 Å². The zero-order valence-corrected chi connectivity index (χ0v) is 23.2. The van der Waals surface area contributed by atoms with Gasteiger partial charge in [-0.1, -0.05) is 18.7 Å². The molecule has 0 bridgehead atoms. The normalized spacial score (nSPS) is 13.9. The van der Waals surface area contributed by atoms with E-state index in [1.807, 2.05) is 0 Å². The van der Waals surface area contributed by atoms with Crippen LogP contribution in [0, 0.1) is 17.5 Å². The van der Waals surface area contributed by atoms with Gasteiger partial charge in [0.25, 0.3) is 0 Å². The largest absolute Gasteiger partial charge is 0.435 e. The third-order valence-electron chi connectivity index (χ3n) is 7.50. The molecule has 2 aromatic carbocycles. The standard InChI is InChI=1S/C32H26F6N4O2/c1-17(39)26-13-19(4-6-28(26)35)25-3-2-8-40-30(25)20(9-18-10-21(33)14-22(34)11-18)12-24(44)16-42-29-7-5-23(43)15-27(29)31(41-42)32(36,37)38/h2-4,6,8,10-11,13-14,20H,1,5,7,9,12,15-16,39H2/t20-/m1/s1. The second-order valence-electron chi connectivity index (χ2n) is 10.7. The Labute approximate surface area is 248 Å². The zero-order chi connectivity index (χ0) is 31.8. The minimum absolute atomic E-state index is 0.0141. The summed E-state index contributed by atoms with van der Waals surface area (Å²) in [4.78, 5) is 29.9. The summed E-state index contributed by atoms with van der Waals surface area (Å²) in [6.45, 7) is 3.07. The molecule has 0 amide bonds. The van der Waals surface area contributed by atoms with E-state index < -0.39 is 54.0 Å². The number of alkyl halides is 3. The molecule has 1 aliphatic carbocycles. The lowest BCUT2D eigenvalue weighted by molar-refractivity contribution is -0.142. The maximum Gasteiger partial charge on any atom is 0.435 e. The highest BCUT2D eigenvalue weighted by molar-refractivity contribution is 5.84. The Morgan fingerprint density at radius 3 is 2.45 bits per heavy atom. The summed E-state index contributed by atoms with van der Waals surface area (Å²) < 4.78 is 84.8. The van der Waals surface area contributed by atoms with Gasteiger partial charge < -0.3 is 5.73 Å². The van der Waals surface area contributed by atoms with Crippen molar-refractivity contribution in [2.24, 2.45) is 5.73 Å². The summed E-state index contributed by atoms with van der Waals surface area (Å²) in [6.07, 6.45) is -4.06. The molecule has 0 aliphatic heterocycles. The Bertz CT molecular complexity index is 1760. The van der Waals surface area contributed by atoms with Gasteiger partial charge in [-0.2, -0.15) is 18.3 Å². The van der Waals surface area contributed by atoms with Crippen molar-refractivity contribution in [3.63, 3.8) is 0 Å². The van der Waals surface area contributed by atoms with Gasteiger partial charge in [0.1, 0.15) is 23.2 Å². The van der Waals surface area contributed by atoms with E-state index >= 15 is 0 Å². The second kappa shape index (κ2) is 12.1. The van der Waals surface area contributed by atoms with Crippen LogP contribution in [-0.2, 0) is 41.6 Å². The summed E-state index contributed by atoms with van der Waals surface area (Å²) in [5.41, 5.74) is 6.08. The summed E-state index contributed by atoms with van der Waals surface area (Å²) >= 11 is 0. The van der Waals surface area contributed by atoms with Crippen LogP contribution >= 0.6 is 0 Å². The van der Waals surface area contributed by atoms with Crippen LogP contribution in [0.2, 0.25) is 0 Å². The number of halogens is 6. The number of hydrogen-bond donors (Lipinski definition) is 1. The molecule has 1 atom stereocenters. The van der Waals surface area contributed by atoms with Crippen molar-refractivity contribution in [1.29, 1.82) is 0 Å². The lowest BCUT2D eigenvalue weighted by Gasteiger charge is -2.20. The van der Waals surface area contributed by atoms with Crippen molar-refractivity contribution < 1.29 is 35.9 Å². The molecule has 2 aromatic heterocycles. The molecule has 0 saturated carbocycles. The zero-order valence-electron chi connectivity index (χ0n) is 23.2. The number of nitrogens with two attached hydrogens (primary N) is 1. The highest BCUT2D eigenvalue weighted by Crippen LogP contribution is 2.37. The molecule has 12 heteroatoms. The number of benzene rings is 2. The van der Waals surface area contributed by atoms with E-state index in [-0.39, 0.29) is 59.5 Å². The first-order valence-corrected chi connectivity index (χ1v) is 13.6. The molecular formula is C32H26F6N4O2. The average Bonchev–Trinajstić information content (AvgIpc) is 3.30. The number of hydrogen-bond acceptors (Lipinski definition) is 5. The van der Waals surface area contributed by atoms with Crippen LogP contribution in [0.3, 0.4) is 0 Å². The van der Waals surface area contributed by atoms with Gasteiger partial charge >= 0.3 is 6.18 Å². The number of rotatable bonds is 9. The minimum atomic E-state index is -4.81. The number of ketones is 2. The molecule has 0 radical (unpaired) electrons. The molecule has 228 valence electrons. The van der Waals surface area contributed by atoms with Gasteiger partial charge in [-0.25, -0.2) is 13.2 Å². The van der Waals surface area contributed by atoms with Gasteiger partial charge in [-0.3, -0.25) is 19.3 Å². The van der Waals surface area contributed by atoms with Crippen LogP contribution in [0.25, 0.3) is 16.8 Å². The predicted octanol–water partition coefficient (Wildman–Crippen LogP) is 6.35. The Hall–Kier alpha value is -4.74. The molecule has 4 aromatic rings. The SMILES string of the molecule is C=C(N)c1cc(-c2cccnc2[C@@H](CC(=O)Cn2nc(C(F)(F)F)c3c2CCC(=O)C3)Cc2cc(F)cc(F)c2)ccc1F. The molecular weight excluding hydrogens is 586 g/mol. The van der Waals surface area contributed by atoms with Crippen molar-refractivity contribution in [1.82, 2.24) is 14.8 Å². The van der Waals surface area contributed by atoms with Crippen LogP contribution in [0.4, 0.5) is 26.3 Å². The van der Waals surface area contributed by atoms with E-state index in [1.165, 1.54) is 24.4 Å². The maximum atomic E-state index is 14.4. The number of aromatic nitrogens is 3. The smallest absolute Gasteiger partial charge is 0.399 e. The topological polar surface area (TPSA) is 90.9 Å². The van der Waals surface area contributed by atoms with Gasteiger partial charge in [0.15, 0.2) is 11.5 Å². The third-order valence-corrected chi connectivity index (χ3v) is 7.50. The van der Waals surface area contributed by atoms with E-state index in [4.69, 9.17) is 5.73 Å². The number of pyridine rings is 1. The van der Waals surface area contributed by atoms with E-state index in [9.17, 15) is 35.9 Å². The quantitative estimate of drug-likeness (QED) is 0.223. The first-order valence-electron chi connectivity index (χ1n) is 13.6. The van der Waals surface area contributed by atoms with Crippen molar-refractivity contribution in [3.8, 4) is 11.1 Å². The van der Waals surface area contributed by atoms with Crippen molar-refractivity contribution in [3.05, 3.63) is 113 Å². The third kappa shape index (κ3) is 6.58. The Balaban J connectivity index is 1.53. The van der Waals surface area contributed by atoms with E-state index in [1.54, 1.807) is 12.1 Å². The molecule has 0 spiro atoms. The second-order valence-corrected chi connectivity index (χ2v) is 10.7. The fourth-order valence-electron chi connectivity index (χ4n) is 5.61. The van der Waals surface area contributed by atoms with Gasteiger partial charge in [0.05, 0.1) is 12.2 Å². The molecule has 6 nitrogen and oxygen atoms in total. The van der Waals surface area contributed by atoms with Crippen LogP contribution in [-0.4, -0.2) is 26.3 Å². The van der Waals surface area contributed by atoms with Gasteiger partial charge in [0, 0.05) is 65.5 Å². The molecule has 0 fully saturated rings. The Morgan fingerprint density at radius 1 is 1.05 bits per heavy atom. The number of nitrogens with zero attached hydrogens (tertiary/aromatic N) is 3. The van der Waals surface area contributed by atoms with Crippen LogP contribution in [0.1, 0.15) is 52.5 Å². The molecule has 0 saturated heterocycles. The van der Waals surface area contributed by atoms with Crippen LogP contribution < -0.4 is 5.73 Å². The number of carbonyl (C=O) groups excluding carboxylic acids is 2. The lowest BCUT2D eigenvalue weighted by Crippen LogP contribution is -2.21. The van der Waals surface area contributed by atoms with Crippen molar-refractivity contribution >= 4 is 17.3 Å². The van der Waals surface area contributed by atoms with Crippen LogP contribution in [0.5, 0.6) is 0 Å². The molecule has 2 heterocycles. The minimum Gasteiger partial charge on any atom is -0.399 e. The number of Topliss-reactive ketones (excluding diaryl/α,β-unsaturated/α-hetero) is 2. The number of carbonyl (C=O) groups is 2. The summed E-state index contributed by atoms with van der Waals surface area (Å²) in [7, 11) is 0.